The Hall–Kier alpha value is -7.98. The van der Waals surface area contributed by atoms with Gasteiger partial charge in [-0.2, -0.15) is 0 Å². The van der Waals surface area contributed by atoms with Gasteiger partial charge in [0.2, 0.25) is 0 Å². The number of hydrogen-bond acceptors (Lipinski definition) is 1. The zero-order chi connectivity index (χ0) is 44.0. The standard InChI is InChI=1S/C63H44N2S/c1-39-31-40(2)63(41(3)32-39)65-59-28-22-47(43-15-8-5-9-16-43)35-54(59)55-37-49(24-29-60(55)65)45-18-12-17-44(33-45)48-23-27-58-53(36-48)52-34-46(42-13-6-4-7-14-42)21-26-57(52)64(58)50-25-30-62-56(38-50)51-19-10-11-20-61(51)66-62/h4-38H,1-3H3. The van der Waals surface area contributed by atoms with E-state index in [2.05, 4.69) is 242 Å². The number of fused-ring (bicyclic) bond motifs is 9. The summed E-state index contributed by atoms with van der Waals surface area (Å²) < 4.78 is 7.58. The van der Waals surface area contributed by atoms with Crippen LogP contribution in [-0.4, -0.2) is 9.13 Å². The van der Waals surface area contributed by atoms with Gasteiger partial charge in [-0.3, -0.25) is 0 Å². The molecule has 66 heavy (non-hydrogen) atoms. The first-order valence-electron chi connectivity index (χ1n) is 22.8. The smallest absolute Gasteiger partial charge is 0.0541 e. The fourth-order valence-corrected chi connectivity index (χ4v) is 11.9. The summed E-state index contributed by atoms with van der Waals surface area (Å²) in [6.45, 7) is 6.68. The summed E-state index contributed by atoms with van der Waals surface area (Å²) in [5.74, 6) is 0. The van der Waals surface area contributed by atoms with E-state index in [1.165, 1.54) is 136 Å². The molecule has 0 aliphatic rings. The molecule has 13 rings (SSSR count). The minimum atomic E-state index is 1.17. The van der Waals surface area contributed by atoms with Gasteiger partial charge in [0.25, 0.3) is 0 Å². The van der Waals surface area contributed by atoms with Crippen LogP contribution in [0.15, 0.2) is 212 Å². The third kappa shape index (κ3) is 6.15. The molecule has 0 amide bonds. The third-order valence-corrected chi connectivity index (χ3v) is 14.9. The number of aromatic nitrogens is 2. The van der Waals surface area contributed by atoms with Crippen molar-refractivity contribution in [3.05, 3.63) is 229 Å². The van der Waals surface area contributed by atoms with Gasteiger partial charge in [0.15, 0.2) is 0 Å². The Morgan fingerprint density at radius 2 is 0.712 bits per heavy atom. The molecule has 0 radical (unpaired) electrons. The van der Waals surface area contributed by atoms with Gasteiger partial charge in [0.1, 0.15) is 0 Å². The molecule has 0 fully saturated rings. The molecule has 312 valence electrons. The Bertz CT molecular complexity index is 4050. The number of benzene rings is 10. The van der Waals surface area contributed by atoms with Gasteiger partial charge in [-0.15, -0.1) is 11.3 Å². The number of thiophene rings is 1. The maximum absolute atomic E-state index is 2.49. The van der Waals surface area contributed by atoms with Crippen molar-refractivity contribution in [2.75, 3.05) is 0 Å². The van der Waals surface area contributed by atoms with E-state index in [4.69, 9.17) is 0 Å². The maximum Gasteiger partial charge on any atom is 0.0541 e. The largest absolute Gasteiger partial charge is 0.309 e. The predicted molar refractivity (Wildman–Crippen MR) is 284 cm³/mol. The van der Waals surface area contributed by atoms with Crippen LogP contribution in [0.2, 0.25) is 0 Å². The lowest BCUT2D eigenvalue weighted by Gasteiger charge is -2.16. The lowest BCUT2D eigenvalue weighted by molar-refractivity contribution is 1.11. The Morgan fingerprint density at radius 1 is 0.288 bits per heavy atom. The Kier molecular flexibility index (Phi) is 8.78. The lowest BCUT2D eigenvalue weighted by atomic mass is 9.96. The molecule has 13 aromatic rings. The minimum absolute atomic E-state index is 1.17. The Morgan fingerprint density at radius 3 is 1.24 bits per heavy atom. The summed E-state index contributed by atoms with van der Waals surface area (Å²) in [6, 6.07) is 79.0. The van der Waals surface area contributed by atoms with Crippen LogP contribution < -0.4 is 0 Å². The van der Waals surface area contributed by atoms with Crippen molar-refractivity contribution < 1.29 is 0 Å². The Balaban J connectivity index is 0.971. The highest BCUT2D eigenvalue weighted by Crippen LogP contribution is 2.42. The van der Waals surface area contributed by atoms with Gasteiger partial charge in [-0.1, -0.05) is 139 Å². The molecular formula is C63H44N2S. The molecule has 0 aliphatic heterocycles. The van der Waals surface area contributed by atoms with Gasteiger partial charge < -0.3 is 9.13 Å². The molecule has 2 nitrogen and oxygen atoms in total. The van der Waals surface area contributed by atoms with Crippen LogP contribution in [0.1, 0.15) is 16.7 Å². The third-order valence-electron chi connectivity index (χ3n) is 13.8. The first-order valence-corrected chi connectivity index (χ1v) is 23.6. The molecule has 0 saturated heterocycles. The van der Waals surface area contributed by atoms with E-state index in [0.29, 0.717) is 0 Å². The first-order chi connectivity index (χ1) is 32.4. The predicted octanol–water partition coefficient (Wildman–Crippen LogP) is 17.8. The van der Waals surface area contributed by atoms with Gasteiger partial charge in [0.05, 0.1) is 27.8 Å². The molecule has 0 saturated carbocycles. The van der Waals surface area contributed by atoms with Gasteiger partial charge in [-0.05, 0) is 155 Å². The minimum Gasteiger partial charge on any atom is -0.309 e. The van der Waals surface area contributed by atoms with Crippen LogP contribution in [0.5, 0.6) is 0 Å². The highest BCUT2D eigenvalue weighted by Gasteiger charge is 2.19. The second-order valence-electron chi connectivity index (χ2n) is 17.9. The van der Waals surface area contributed by atoms with Gasteiger partial charge in [-0.25, -0.2) is 0 Å². The zero-order valence-corrected chi connectivity index (χ0v) is 37.8. The van der Waals surface area contributed by atoms with Crippen molar-refractivity contribution in [2.24, 2.45) is 0 Å². The average Bonchev–Trinajstić information content (AvgIpc) is 4.00. The van der Waals surface area contributed by atoms with E-state index in [0.717, 1.165) is 0 Å². The molecule has 10 aromatic carbocycles. The average molecular weight is 861 g/mol. The van der Waals surface area contributed by atoms with Gasteiger partial charge in [0, 0.05) is 47.4 Å². The topological polar surface area (TPSA) is 9.86 Å². The highest BCUT2D eigenvalue weighted by atomic mass is 32.1. The second-order valence-corrected chi connectivity index (χ2v) is 19.0. The van der Waals surface area contributed by atoms with Crippen LogP contribution in [0.4, 0.5) is 0 Å². The molecule has 3 aromatic heterocycles. The highest BCUT2D eigenvalue weighted by molar-refractivity contribution is 7.25. The van der Waals surface area contributed by atoms with Crippen molar-refractivity contribution in [2.45, 2.75) is 20.8 Å². The van der Waals surface area contributed by atoms with E-state index in [9.17, 15) is 0 Å². The molecule has 0 N–H and O–H groups in total. The van der Waals surface area contributed by atoms with Crippen molar-refractivity contribution in [1.82, 2.24) is 9.13 Å². The van der Waals surface area contributed by atoms with Crippen LogP contribution in [0, 0.1) is 20.8 Å². The van der Waals surface area contributed by atoms with Crippen LogP contribution in [-0.2, 0) is 0 Å². The van der Waals surface area contributed by atoms with E-state index in [1.807, 2.05) is 11.3 Å². The maximum atomic E-state index is 2.49. The van der Waals surface area contributed by atoms with Crippen molar-refractivity contribution in [1.29, 1.82) is 0 Å². The van der Waals surface area contributed by atoms with Crippen molar-refractivity contribution in [3.8, 4) is 55.9 Å². The van der Waals surface area contributed by atoms with E-state index in [-0.39, 0.29) is 0 Å². The van der Waals surface area contributed by atoms with E-state index >= 15 is 0 Å². The molecule has 0 atom stereocenters. The van der Waals surface area contributed by atoms with Crippen LogP contribution in [0.3, 0.4) is 0 Å². The second kappa shape index (κ2) is 15.1. The molecule has 0 aliphatic carbocycles. The number of hydrogen-bond donors (Lipinski definition) is 0. The summed E-state index contributed by atoms with van der Waals surface area (Å²) in [5, 5.41) is 7.61. The zero-order valence-electron chi connectivity index (χ0n) is 37.0. The lowest BCUT2D eigenvalue weighted by Crippen LogP contribution is -2.01. The first kappa shape index (κ1) is 38.5. The Labute approximate surface area is 387 Å². The summed E-state index contributed by atoms with van der Waals surface area (Å²) in [7, 11) is 0. The molecule has 3 heterocycles. The normalized spacial score (nSPS) is 11.9. The molecular weight excluding hydrogens is 817 g/mol. The number of aryl methyl sites for hydroxylation is 3. The quantitative estimate of drug-likeness (QED) is 0.158. The fraction of sp³-hybridized carbons (Fsp3) is 0.0476. The van der Waals surface area contributed by atoms with Crippen molar-refractivity contribution in [3.63, 3.8) is 0 Å². The van der Waals surface area contributed by atoms with E-state index < -0.39 is 0 Å². The summed E-state index contributed by atoms with van der Waals surface area (Å²) in [6.07, 6.45) is 0. The van der Waals surface area contributed by atoms with Crippen LogP contribution in [0.25, 0.3) is 120 Å². The fourth-order valence-electron chi connectivity index (χ4n) is 10.8. The molecule has 0 spiro atoms. The van der Waals surface area contributed by atoms with Crippen molar-refractivity contribution >= 4 is 75.1 Å². The molecule has 0 bridgehead atoms. The van der Waals surface area contributed by atoms with Gasteiger partial charge >= 0.3 is 0 Å². The van der Waals surface area contributed by atoms with Crippen LogP contribution >= 0.6 is 11.3 Å². The molecule has 0 unspecified atom stereocenters. The monoisotopic (exact) mass is 860 g/mol. The number of nitrogens with zero attached hydrogens (tertiary/aromatic N) is 2. The van der Waals surface area contributed by atoms with E-state index in [1.54, 1.807) is 0 Å². The SMILES string of the molecule is Cc1cc(C)c(-n2c3ccc(-c4ccccc4)cc3c3cc(-c4cccc(-c5ccc6c(c5)c5cc(-c7ccccc7)ccc5n6-c5ccc6sc7ccccc7c6c5)c4)ccc32)c(C)c1. The number of rotatable bonds is 6. The molecule has 3 heteroatoms. The summed E-state index contributed by atoms with van der Waals surface area (Å²) in [4.78, 5) is 0. The summed E-state index contributed by atoms with van der Waals surface area (Å²) in [5.41, 5.74) is 20.8. The summed E-state index contributed by atoms with van der Waals surface area (Å²) >= 11 is 1.86.